The second-order valence-corrected chi connectivity index (χ2v) is 8.18. The maximum absolute atomic E-state index is 6.14. The Balaban J connectivity index is 1.42. The SMILES string of the molecule is C/C(=N\N(c1ccccc1)c1ccccc1)c1cc2cc(/C=N/N(C)c3ccccc3)ccc2o1. The molecule has 5 rings (SSSR count). The van der Waals surface area contributed by atoms with Gasteiger partial charge in [-0.05, 0) is 73.2 Å². The van der Waals surface area contributed by atoms with Gasteiger partial charge in [0.15, 0.2) is 5.76 Å². The second-order valence-electron chi connectivity index (χ2n) is 8.18. The first-order valence-electron chi connectivity index (χ1n) is 11.5. The Morgan fingerprint density at radius 1 is 0.714 bits per heavy atom. The Hall–Kier alpha value is -4.64. The van der Waals surface area contributed by atoms with Crippen molar-refractivity contribution in [3.63, 3.8) is 0 Å². The lowest BCUT2D eigenvalue weighted by molar-refractivity contribution is 0.604. The number of rotatable bonds is 7. The van der Waals surface area contributed by atoms with Crippen molar-refractivity contribution in [2.45, 2.75) is 6.92 Å². The fourth-order valence-electron chi connectivity index (χ4n) is 3.79. The summed E-state index contributed by atoms with van der Waals surface area (Å²) < 4.78 is 6.14. The van der Waals surface area contributed by atoms with E-state index >= 15 is 0 Å². The maximum atomic E-state index is 6.14. The lowest BCUT2D eigenvalue weighted by atomic mass is 10.1. The highest BCUT2D eigenvalue weighted by Gasteiger charge is 2.12. The Morgan fingerprint density at radius 2 is 1.29 bits per heavy atom. The Bertz CT molecular complexity index is 1420. The van der Waals surface area contributed by atoms with E-state index in [9.17, 15) is 0 Å². The van der Waals surface area contributed by atoms with Gasteiger partial charge >= 0.3 is 0 Å². The molecule has 0 N–H and O–H groups in total. The first-order chi connectivity index (χ1) is 17.2. The van der Waals surface area contributed by atoms with Gasteiger partial charge in [-0.25, -0.2) is 5.01 Å². The highest BCUT2D eigenvalue weighted by molar-refractivity contribution is 6.01. The summed E-state index contributed by atoms with van der Waals surface area (Å²) in [4.78, 5) is 0. The average molecular weight is 459 g/mol. The van der Waals surface area contributed by atoms with Gasteiger partial charge in [0, 0.05) is 12.4 Å². The molecule has 0 spiro atoms. The molecule has 0 aliphatic carbocycles. The highest BCUT2D eigenvalue weighted by atomic mass is 16.3. The van der Waals surface area contributed by atoms with E-state index in [1.807, 2.05) is 139 Å². The van der Waals surface area contributed by atoms with Gasteiger partial charge in [-0.1, -0.05) is 54.6 Å². The molecule has 0 saturated heterocycles. The van der Waals surface area contributed by atoms with E-state index in [-0.39, 0.29) is 0 Å². The second kappa shape index (κ2) is 10.1. The number of nitrogens with zero attached hydrogens (tertiary/aromatic N) is 4. The number of hydrazone groups is 2. The molecule has 5 aromatic rings. The van der Waals surface area contributed by atoms with Crippen molar-refractivity contribution in [3.8, 4) is 0 Å². The van der Waals surface area contributed by atoms with Gasteiger partial charge in [-0.2, -0.15) is 10.2 Å². The number of benzene rings is 4. The van der Waals surface area contributed by atoms with Crippen molar-refractivity contribution >= 4 is 40.0 Å². The van der Waals surface area contributed by atoms with Crippen molar-refractivity contribution in [1.29, 1.82) is 0 Å². The molecular formula is C30H26N4O. The summed E-state index contributed by atoms with van der Waals surface area (Å²) >= 11 is 0. The molecule has 5 heteroatoms. The number of fused-ring (bicyclic) bond motifs is 1. The van der Waals surface area contributed by atoms with Crippen LogP contribution in [0.2, 0.25) is 0 Å². The number of anilines is 3. The summed E-state index contributed by atoms with van der Waals surface area (Å²) in [6.07, 6.45) is 1.85. The molecule has 0 unspecified atom stereocenters. The molecule has 0 fully saturated rings. The van der Waals surface area contributed by atoms with Crippen LogP contribution in [-0.2, 0) is 0 Å². The van der Waals surface area contributed by atoms with E-state index < -0.39 is 0 Å². The van der Waals surface area contributed by atoms with Crippen molar-refractivity contribution in [2.75, 3.05) is 17.1 Å². The molecule has 35 heavy (non-hydrogen) atoms. The monoisotopic (exact) mass is 458 g/mol. The normalized spacial score (nSPS) is 11.8. The highest BCUT2D eigenvalue weighted by Crippen LogP contribution is 2.27. The van der Waals surface area contributed by atoms with Crippen molar-refractivity contribution in [2.24, 2.45) is 10.2 Å². The molecule has 0 radical (unpaired) electrons. The predicted molar refractivity (Wildman–Crippen MR) is 146 cm³/mol. The molecule has 0 bridgehead atoms. The predicted octanol–water partition coefficient (Wildman–Crippen LogP) is 7.47. The molecule has 1 heterocycles. The van der Waals surface area contributed by atoms with Gasteiger partial charge in [0.2, 0.25) is 0 Å². The molecule has 172 valence electrons. The van der Waals surface area contributed by atoms with Crippen LogP contribution in [0.4, 0.5) is 17.1 Å². The summed E-state index contributed by atoms with van der Waals surface area (Å²) in [6, 6.07) is 38.3. The van der Waals surface area contributed by atoms with Gasteiger partial charge in [0.1, 0.15) is 11.3 Å². The number of furan rings is 1. The summed E-state index contributed by atoms with van der Waals surface area (Å²) in [5.74, 6) is 0.729. The molecule has 1 aromatic heterocycles. The minimum atomic E-state index is 0.729. The third-order valence-corrected chi connectivity index (χ3v) is 5.66. The zero-order valence-corrected chi connectivity index (χ0v) is 19.7. The van der Waals surface area contributed by atoms with Crippen LogP contribution in [0.25, 0.3) is 11.0 Å². The van der Waals surface area contributed by atoms with E-state index in [2.05, 4.69) is 11.2 Å². The van der Waals surface area contributed by atoms with E-state index in [4.69, 9.17) is 9.52 Å². The summed E-state index contributed by atoms with van der Waals surface area (Å²) in [6.45, 7) is 1.97. The smallest absolute Gasteiger partial charge is 0.151 e. The molecule has 0 saturated carbocycles. The van der Waals surface area contributed by atoms with Crippen LogP contribution < -0.4 is 10.0 Å². The molecule has 5 nitrogen and oxygen atoms in total. The van der Waals surface area contributed by atoms with Crippen LogP contribution in [0.5, 0.6) is 0 Å². The molecule has 0 aliphatic heterocycles. The molecule has 0 aliphatic rings. The minimum Gasteiger partial charge on any atom is -0.455 e. The topological polar surface area (TPSA) is 44.3 Å². The summed E-state index contributed by atoms with van der Waals surface area (Å²) in [5.41, 5.74) is 5.59. The van der Waals surface area contributed by atoms with Crippen molar-refractivity contribution in [1.82, 2.24) is 0 Å². The molecule has 4 aromatic carbocycles. The minimum absolute atomic E-state index is 0.729. The zero-order chi connectivity index (χ0) is 24.0. The number of hydrogen-bond acceptors (Lipinski definition) is 5. The first-order valence-corrected chi connectivity index (χ1v) is 11.5. The van der Waals surface area contributed by atoms with Gasteiger partial charge in [0.25, 0.3) is 0 Å². The standard InChI is InChI=1S/C30H26N4O/c1-23(32-34(27-14-8-4-9-15-27)28-16-10-5-11-17-28)30-21-25-20-24(18-19-29(25)35-30)22-31-33(2)26-12-6-3-7-13-26/h3-22H,1-2H3/b31-22+,32-23+. The fraction of sp³-hybridized carbons (Fsp3) is 0.0667. The van der Waals surface area contributed by atoms with Gasteiger partial charge in [-0.3, -0.25) is 5.01 Å². The Morgan fingerprint density at radius 3 is 1.89 bits per heavy atom. The van der Waals surface area contributed by atoms with Gasteiger partial charge < -0.3 is 4.42 Å². The van der Waals surface area contributed by atoms with Crippen LogP contribution >= 0.6 is 0 Å². The van der Waals surface area contributed by atoms with Crippen LogP contribution in [0.15, 0.2) is 130 Å². The number of hydrogen-bond donors (Lipinski definition) is 0. The van der Waals surface area contributed by atoms with Gasteiger partial charge in [-0.15, -0.1) is 0 Å². The molecule has 0 amide bonds. The van der Waals surface area contributed by atoms with E-state index in [0.29, 0.717) is 0 Å². The average Bonchev–Trinajstić information content (AvgIpc) is 3.35. The Kier molecular flexibility index (Phi) is 6.39. The van der Waals surface area contributed by atoms with Gasteiger partial charge in [0.05, 0.1) is 23.3 Å². The zero-order valence-electron chi connectivity index (χ0n) is 19.7. The fourth-order valence-corrected chi connectivity index (χ4v) is 3.79. The van der Waals surface area contributed by atoms with Crippen molar-refractivity contribution in [3.05, 3.63) is 127 Å². The largest absolute Gasteiger partial charge is 0.455 e. The van der Waals surface area contributed by atoms with Crippen LogP contribution in [0, 0.1) is 0 Å². The molecule has 0 atom stereocenters. The van der Waals surface area contributed by atoms with Crippen LogP contribution in [0.1, 0.15) is 18.2 Å². The maximum Gasteiger partial charge on any atom is 0.151 e. The van der Waals surface area contributed by atoms with Crippen molar-refractivity contribution < 1.29 is 4.42 Å². The molecular weight excluding hydrogens is 432 g/mol. The van der Waals surface area contributed by atoms with Crippen LogP contribution in [-0.4, -0.2) is 19.0 Å². The third kappa shape index (κ3) is 5.14. The summed E-state index contributed by atoms with van der Waals surface area (Å²) in [5, 5.41) is 14.3. The number of para-hydroxylation sites is 3. The summed E-state index contributed by atoms with van der Waals surface area (Å²) in [7, 11) is 1.94. The Labute approximate surface area is 205 Å². The lowest BCUT2D eigenvalue weighted by Crippen LogP contribution is -2.12. The van der Waals surface area contributed by atoms with Crippen LogP contribution in [0.3, 0.4) is 0 Å². The quantitative estimate of drug-likeness (QED) is 0.188. The first kappa shape index (κ1) is 22.2. The van der Waals surface area contributed by atoms with E-state index in [1.54, 1.807) is 0 Å². The lowest BCUT2D eigenvalue weighted by Gasteiger charge is -2.20. The third-order valence-electron chi connectivity index (χ3n) is 5.66. The van der Waals surface area contributed by atoms with E-state index in [1.165, 1.54) is 0 Å². The van der Waals surface area contributed by atoms with E-state index in [0.717, 1.165) is 45.1 Å².